The van der Waals surface area contributed by atoms with Gasteiger partial charge in [0.05, 0.1) is 16.7 Å². The minimum Gasteiger partial charge on any atom is -0.490 e. The molecular formula is C30H33FN6O4. The third-order valence-electron chi connectivity index (χ3n) is 7.97. The van der Waals surface area contributed by atoms with Crippen molar-refractivity contribution >= 4 is 22.6 Å². The molecule has 0 saturated carbocycles. The van der Waals surface area contributed by atoms with Crippen LogP contribution in [0.3, 0.4) is 0 Å². The van der Waals surface area contributed by atoms with E-state index in [1.54, 1.807) is 19.1 Å². The predicted molar refractivity (Wildman–Crippen MR) is 154 cm³/mol. The number of likely N-dealkylation sites (tertiary alicyclic amines) is 1. The van der Waals surface area contributed by atoms with E-state index in [4.69, 9.17) is 4.74 Å². The number of hydrogen-bond donors (Lipinski definition) is 4. The Morgan fingerprint density at radius 2 is 2.00 bits per heavy atom. The lowest BCUT2D eigenvalue weighted by Crippen LogP contribution is -2.43. The molecular weight excluding hydrogens is 527 g/mol. The van der Waals surface area contributed by atoms with Crippen molar-refractivity contribution in [2.45, 2.75) is 38.5 Å². The largest absolute Gasteiger partial charge is 0.490 e. The first kappa shape index (κ1) is 27.0. The van der Waals surface area contributed by atoms with E-state index < -0.39 is 11.9 Å². The van der Waals surface area contributed by atoms with Gasteiger partial charge in [-0.05, 0) is 75.3 Å². The van der Waals surface area contributed by atoms with Crippen LogP contribution in [0.25, 0.3) is 22.4 Å². The van der Waals surface area contributed by atoms with Gasteiger partial charge in [-0.1, -0.05) is 6.07 Å². The number of H-pyrrole nitrogens is 2. The maximum absolute atomic E-state index is 13.5. The summed E-state index contributed by atoms with van der Waals surface area (Å²) in [7, 11) is 2.11. The Kier molecular flexibility index (Phi) is 7.22. The Morgan fingerprint density at radius 1 is 1.20 bits per heavy atom. The highest BCUT2D eigenvalue weighted by atomic mass is 19.1. The molecule has 4 aromatic rings. The summed E-state index contributed by atoms with van der Waals surface area (Å²) in [5.41, 5.74) is 4.13. The Bertz CT molecular complexity index is 1660. The van der Waals surface area contributed by atoms with Crippen LogP contribution in [-0.4, -0.2) is 81.2 Å². The van der Waals surface area contributed by atoms with Gasteiger partial charge in [0.2, 0.25) is 0 Å². The standard InChI is InChI=1S/C30H33FN6O4/c1-17-3-4-19(31)12-26(17)41-16-21(38)14-33-23-5-8-32-29(39)27(23)28-34-24-11-18-15-37(20-6-9-36(2)10-7-20)30(40)22(18)13-25(24)35-28/h3-5,8,11-13,20-21,38H,6-7,9-10,14-16H2,1-2H3,(H,34,35)(H2,32,33,39)/t21-/m1/s1. The van der Waals surface area contributed by atoms with Gasteiger partial charge in [-0.2, -0.15) is 0 Å². The van der Waals surface area contributed by atoms with Crippen LogP contribution in [0.5, 0.6) is 5.75 Å². The summed E-state index contributed by atoms with van der Waals surface area (Å²) in [6.45, 7) is 4.35. The Labute approximate surface area is 236 Å². The molecule has 2 aromatic carbocycles. The summed E-state index contributed by atoms with van der Waals surface area (Å²) in [4.78, 5) is 41.1. The van der Waals surface area contributed by atoms with Gasteiger partial charge >= 0.3 is 0 Å². The van der Waals surface area contributed by atoms with Crippen LogP contribution in [0.4, 0.5) is 10.1 Å². The molecule has 4 heterocycles. The number of carbonyl (C=O) groups is 1. The third kappa shape index (κ3) is 5.42. The molecule has 1 atom stereocenters. The van der Waals surface area contributed by atoms with Crippen LogP contribution in [-0.2, 0) is 6.54 Å². The fraction of sp³-hybridized carbons (Fsp3) is 0.367. The molecule has 41 heavy (non-hydrogen) atoms. The molecule has 0 aliphatic carbocycles. The molecule has 10 nitrogen and oxygen atoms in total. The monoisotopic (exact) mass is 560 g/mol. The number of pyridine rings is 1. The Morgan fingerprint density at radius 3 is 2.80 bits per heavy atom. The van der Waals surface area contributed by atoms with E-state index in [0.717, 1.165) is 42.6 Å². The van der Waals surface area contributed by atoms with Gasteiger partial charge in [-0.25, -0.2) is 9.37 Å². The zero-order chi connectivity index (χ0) is 28.7. The van der Waals surface area contributed by atoms with E-state index in [9.17, 15) is 19.1 Å². The number of fused-ring (bicyclic) bond motifs is 2. The molecule has 2 aliphatic heterocycles. The molecule has 0 radical (unpaired) electrons. The van der Waals surface area contributed by atoms with E-state index in [1.807, 2.05) is 17.0 Å². The van der Waals surface area contributed by atoms with E-state index in [2.05, 4.69) is 32.2 Å². The number of aliphatic hydroxyl groups excluding tert-OH is 1. The van der Waals surface area contributed by atoms with Gasteiger partial charge in [0.1, 0.15) is 35.7 Å². The smallest absolute Gasteiger partial charge is 0.261 e. The van der Waals surface area contributed by atoms with Crippen molar-refractivity contribution in [3.8, 4) is 17.1 Å². The number of aromatic amines is 2. The minimum absolute atomic E-state index is 0.0329. The van der Waals surface area contributed by atoms with Crippen LogP contribution >= 0.6 is 0 Å². The van der Waals surface area contributed by atoms with Crippen molar-refractivity contribution in [2.75, 3.05) is 38.6 Å². The first-order valence-corrected chi connectivity index (χ1v) is 13.8. The molecule has 0 spiro atoms. The number of amides is 1. The second-order valence-corrected chi connectivity index (χ2v) is 10.9. The van der Waals surface area contributed by atoms with Gasteiger partial charge in [-0.3, -0.25) is 9.59 Å². The normalized spacial score (nSPS) is 16.8. The number of aryl methyl sites for hydroxylation is 1. The highest BCUT2D eigenvalue weighted by molar-refractivity contribution is 6.02. The number of nitrogens with zero attached hydrogens (tertiary/aromatic N) is 3. The van der Waals surface area contributed by atoms with Crippen molar-refractivity contribution in [1.82, 2.24) is 24.8 Å². The first-order valence-electron chi connectivity index (χ1n) is 13.8. The van der Waals surface area contributed by atoms with E-state index in [-0.39, 0.29) is 36.2 Å². The summed E-state index contributed by atoms with van der Waals surface area (Å²) < 4.78 is 19.1. The van der Waals surface area contributed by atoms with Crippen LogP contribution < -0.4 is 15.6 Å². The number of halogens is 1. The van der Waals surface area contributed by atoms with Gasteiger partial charge in [-0.15, -0.1) is 0 Å². The van der Waals surface area contributed by atoms with Crippen molar-refractivity contribution in [2.24, 2.45) is 0 Å². The Hall–Kier alpha value is -4.22. The van der Waals surface area contributed by atoms with Gasteiger partial charge < -0.3 is 34.9 Å². The lowest BCUT2D eigenvalue weighted by Gasteiger charge is -2.34. The fourth-order valence-electron chi connectivity index (χ4n) is 5.62. The van der Waals surface area contributed by atoms with Crippen molar-refractivity contribution in [3.05, 3.63) is 75.5 Å². The molecule has 0 unspecified atom stereocenters. The number of benzene rings is 2. The lowest BCUT2D eigenvalue weighted by atomic mass is 10.0. The number of anilines is 1. The van der Waals surface area contributed by atoms with Gasteiger partial charge in [0.25, 0.3) is 11.5 Å². The summed E-state index contributed by atoms with van der Waals surface area (Å²) in [5, 5.41) is 13.6. The lowest BCUT2D eigenvalue weighted by molar-refractivity contribution is 0.0617. The summed E-state index contributed by atoms with van der Waals surface area (Å²) >= 11 is 0. The third-order valence-corrected chi connectivity index (χ3v) is 7.97. The molecule has 11 heteroatoms. The van der Waals surface area contributed by atoms with E-state index in [1.165, 1.54) is 18.3 Å². The number of ether oxygens (including phenoxy) is 1. The first-order chi connectivity index (χ1) is 19.8. The number of aromatic nitrogens is 3. The number of rotatable bonds is 8. The summed E-state index contributed by atoms with van der Waals surface area (Å²) in [6, 6.07) is 9.93. The average Bonchev–Trinajstić information content (AvgIpc) is 3.51. The SMILES string of the molecule is Cc1ccc(F)cc1OC[C@H](O)CNc1cc[nH]c(=O)c1-c1nc2cc3c(cc2[nH]1)CN(C1CCN(C)CC1)C3=O. The maximum Gasteiger partial charge on any atom is 0.261 e. The number of imidazole rings is 1. The second kappa shape index (κ2) is 11.0. The summed E-state index contributed by atoms with van der Waals surface area (Å²) in [6.07, 6.45) is 2.52. The maximum atomic E-state index is 13.5. The highest BCUT2D eigenvalue weighted by Gasteiger charge is 2.34. The average molecular weight is 561 g/mol. The van der Waals surface area contributed by atoms with E-state index >= 15 is 0 Å². The molecule has 0 bridgehead atoms. The molecule has 1 amide bonds. The topological polar surface area (TPSA) is 127 Å². The van der Waals surface area contributed by atoms with Crippen LogP contribution in [0.1, 0.15) is 34.3 Å². The predicted octanol–water partition coefficient (Wildman–Crippen LogP) is 3.27. The molecule has 1 fully saturated rings. The van der Waals surface area contributed by atoms with Crippen LogP contribution in [0, 0.1) is 12.7 Å². The molecule has 2 aromatic heterocycles. The molecule has 4 N–H and O–H groups in total. The van der Waals surface area contributed by atoms with Gasteiger partial charge in [0.15, 0.2) is 0 Å². The summed E-state index contributed by atoms with van der Waals surface area (Å²) in [5.74, 6) is 0.337. The number of aliphatic hydroxyl groups is 1. The second-order valence-electron chi connectivity index (χ2n) is 10.9. The number of nitrogens with one attached hydrogen (secondary N) is 3. The van der Waals surface area contributed by atoms with Crippen molar-refractivity contribution in [1.29, 1.82) is 0 Å². The zero-order valence-electron chi connectivity index (χ0n) is 23.0. The van der Waals surface area contributed by atoms with Crippen LogP contribution in [0.2, 0.25) is 0 Å². The molecule has 2 aliphatic rings. The molecule has 1 saturated heterocycles. The Balaban J connectivity index is 1.18. The highest BCUT2D eigenvalue weighted by Crippen LogP contribution is 2.32. The number of hydrogen-bond acceptors (Lipinski definition) is 7. The minimum atomic E-state index is -0.929. The zero-order valence-corrected chi connectivity index (χ0v) is 23.0. The van der Waals surface area contributed by atoms with Crippen molar-refractivity contribution in [3.63, 3.8) is 0 Å². The van der Waals surface area contributed by atoms with Gasteiger partial charge in [0, 0.05) is 37.0 Å². The fourth-order valence-corrected chi connectivity index (χ4v) is 5.62. The van der Waals surface area contributed by atoms with Crippen molar-refractivity contribution < 1.29 is 19.0 Å². The molecule has 6 rings (SSSR count). The quantitative estimate of drug-likeness (QED) is 0.261. The number of carbonyl (C=O) groups excluding carboxylic acids is 1. The molecule has 214 valence electrons. The van der Waals surface area contributed by atoms with E-state index in [0.29, 0.717) is 34.9 Å². The van der Waals surface area contributed by atoms with Crippen LogP contribution in [0.15, 0.2) is 47.4 Å². The number of piperidine rings is 1.